The van der Waals surface area contributed by atoms with Crippen molar-refractivity contribution >= 4 is 5.78 Å². The quantitative estimate of drug-likeness (QED) is 0.743. The summed E-state index contributed by atoms with van der Waals surface area (Å²) in [6.45, 7) is 2.49. The molecular weight excluding hydrogens is 226 g/mol. The van der Waals surface area contributed by atoms with E-state index < -0.39 is 11.6 Å². The van der Waals surface area contributed by atoms with Gasteiger partial charge in [-0.3, -0.25) is 4.79 Å². The second kappa shape index (κ2) is 4.92. The van der Waals surface area contributed by atoms with Gasteiger partial charge in [0, 0.05) is 19.1 Å². The molecule has 0 aliphatic carbocycles. The van der Waals surface area contributed by atoms with Gasteiger partial charge in [-0.2, -0.15) is 0 Å². The van der Waals surface area contributed by atoms with Crippen molar-refractivity contribution in [2.24, 2.45) is 5.92 Å². The predicted octanol–water partition coefficient (Wildman–Crippen LogP) is 2.88. The van der Waals surface area contributed by atoms with Crippen LogP contribution in [0.25, 0.3) is 0 Å². The number of benzene rings is 1. The monoisotopic (exact) mass is 240 g/mol. The SMILES string of the molecule is Cc1ccc(C(=O)C2CCOCC2)c(F)c1F. The van der Waals surface area contributed by atoms with Gasteiger partial charge in [0.25, 0.3) is 0 Å². The van der Waals surface area contributed by atoms with Crippen molar-refractivity contribution in [1.29, 1.82) is 0 Å². The summed E-state index contributed by atoms with van der Waals surface area (Å²) in [6, 6.07) is 2.80. The first-order valence-corrected chi connectivity index (χ1v) is 5.68. The molecule has 1 aromatic carbocycles. The molecule has 0 bridgehead atoms. The molecule has 0 amide bonds. The van der Waals surface area contributed by atoms with E-state index in [0.717, 1.165) is 0 Å². The average molecular weight is 240 g/mol. The molecule has 0 atom stereocenters. The number of hydrogen-bond acceptors (Lipinski definition) is 2. The largest absolute Gasteiger partial charge is 0.381 e. The van der Waals surface area contributed by atoms with E-state index >= 15 is 0 Å². The zero-order chi connectivity index (χ0) is 12.4. The number of Topliss-reactive ketones (excluding diaryl/α,β-unsaturated/α-hetero) is 1. The first-order chi connectivity index (χ1) is 8.11. The minimum Gasteiger partial charge on any atom is -0.381 e. The zero-order valence-corrected chi connectivity index (χ0v) is 9.63. The fraction of sp³-hybridized carbons (Fsp3) is 0.462. The van der Waals surface area contributed by atoms with Crippen molar-refractivity contribution in [3.05, 3.63) is 34.9 Å². The third-order valence-electron chi connectivity index (χ3n) is 3.13. The lowest BCUT2D eigenvalue weighted by molar-refractivity contribution is 0.0541. The smallest absolute Gasteiger partial charge is 0.169 e. The highest BCUT2D eigenvalue weighted by Crippen LogP contribution is 2.23. The second-order valence-electron chi connectivity index (χ2n) is 4.31. The van der Waals surface area contributed by atoms with Crippen LogP contribution in [0.3, 0.4) is 0 Å². The van der Waals surface area contributed by atoms with E-state index in [1.54, 1.807) is 0 Å². The van der Waals surface area contributed by atoms with Crippen LogP contribution >= 0.6 is 0 Å². The summed E-state index contributed by atoms with van der Waals surface area (Å²) in [6.07, 6.45) is 1.15. The molecule has 1 fully saturated rings. The van der Waals surface area contributed by atoms with Crippen molar-refractivity contribution in [3.8, 4) is 0 Å². The van der Waals surface area contributed by atoms with E-state index in [2.05, 4.69) is 0 Å². The normalized spacial score (nSPS) is 17.1. The molecule has 17 heavy (non-hydrogen) atoms. The molecule has 2 nitrogen and oxygen atoms in total. The van der Waals surface area contributed by atoms with Crippen LogP contribution < -0.4 is 0 Å². The molecule has 0 aromatic heterocycles. The van der Waals surface area contributed by atoms with Gasteiger partial charge in [0.15, 0.2) is 17.4 Å². The Labute approximate surface area is 98.6 Å². The second-order valence-corrected chi connectivity index (χ2v) is 4.31. The Hall–Kier alpha value is -1.29. The van der Waals surface area contributed by atoms with Gasteiger partial charge in [-0.15, -0.1) is 0 Å². The summed E-state index contributed by atoms with van der Waals surface area (Å²) in [7, 11) is 0. The third-order valence-corrected chi connectivity index (χ3v) is 3.13. The maximum Gasteiger partial charge on any atom is 0.169 e. The van der Waals surface area contributed by atoms with Crippen LogP contribution in [0.5, 0.6) is 0 Å². The van der Waals surface area contributed by atoms with Gasteiger partial charge in [-0.05, 0) is 31.4 Å². The van der Waals surface area contributed by atoms with E-state index in [-0.39, 0.29) is 22.8 Å². The Morgan fingerprint density at radius 3 is 2.53 bits per heavy atom. The van der Waals surface area contributed by atoms with Crippen LogP contribution in [0.2, 0.25) is 0 Å². The summed E-state index contributed by atoms with van der Waals surface area (Å²) >= 11 is 0. The fourth-order valence-electron chi connectivity index (χ4n) is 2.02. The minimum absolute atomic E-state index is 0.139. The number of rotatable bonds is 2. The number of ketones is 1. The maximum absolute atomic E-state index is 13.6. The Kier molecular flexibility index (Phi) is 3.52. The summed E-state index contributed by atoms with van der Waals surface area (Å²) in [5.74, 6) is -2.52. The zero-order valence-electron chi connectivity index (χ0n) is 9.63. The van der Waals surface area contributed by atoms with E-state index in [1.807, 2.05) is 0 Å². The molecular formula is C13H14F2O2. The van der Waals surface area contributed by atoms with E-state index in [9.17, 15) is 13.6 Å². The van der Waals surface area contributed by atoms with Crippen LogP contribution in [-0.4, -0.2) is 19.0 Å². The number of aryl methyl sites for hydroxylation is 1. The standard InChI is InChI=1S/C13H14F2O2/c1-8-2-3-10(12(15)11(8)14)13(16)9-4-6-17-7-5-9/h2-3,9H,4-7H2,1H3. The number of carbonyl (C=O) groups excluding carboxylic acids is 1. The number of carbonyl (C=O) groups is 1. The van der Waals surface area contributed by atoms with Gasteiger partial charge >= 0.3 is 0 Å². The van der Waals surface area contributed by atoms with Gasteiger partial charge < -0.3 is 4.74 Å². The Balaban J connectivity index is 2.27. The molecule has 0 spiro atoms. The van der Waals surface area contributed by atoms with Crippen molar-refractivity contribution in [1.82, 2.24) is 0 Å². The van der Waals surface area contributed by atoms with Crippen LogP contribution in [-0.2, 0) is 4.74 Å². The molecule has 1 heterocycles. The first kappa shape index (κ1) is 12.2. The molecule has 1 aromatic rings. The molecule has 92 valence electrons. The van der Waals surface area contributed by atoms with Crippen molar-refractivity contribution in [2.45, 2.75) is 19.8 Å². The van der Waals surface area contributed by atoms with Gasteiger partial charge in [0.2, 0.25) is 0 Å². The summed E-state index contributed by atoms with van der Waals surface area (Å²) in [4.78, 5) is 12.0. The lowest BCUT2D eigenvalue weighted by Gasteiger charge is -2.21. The van der Waals surface area contributed by atoms with Crippen molar-refractivity contribution in [3.63, 3.8) is 0 Å². The molecule has 1 aliphatic rings. The molecule has 0 saturated carbocycles. The Morgan fingerprint density at radius 2 is 1.88 bits per heavy atom. The van der Waals surface area contributed by atoms with Crippen molar-refractivity contribution in [2.75, 3.05) is 13.2 Å². The summed E-state index contributed by atoms with van der Waals surface area (Å²) in [5.41, 5.74) is 0.0750. The molecule has 0 unspecified atom stereocenters. The average Bonchev–Trinajstić information content (AvgIpc) is 2.36. The van der Waals surface area contributed by atoms with Crippen LogP contribution in [0.15, 0.2) is 12.1 Å². The fourth-order valence-corrected chi connectivity index (χ4v) is 2.02. The van der Waals surface area contributed by atoms with Gasteiger partial charge in [0.1, 0.15) is 0 Å². The van der Waals surface area contributed by atoms with Gasteiger partial charge in [0.05, 0.1) is 5.56 Å². The molecule has 4 heteroatoms. The predicted molar refractivity (Wildman–Crippen MR) is 59.0 cm³/mol. The van der Waals surface area contributed by atoms with Crippen LogP contribution in [0.1, 0.15) is 28.8 Å². The molecule has 1 aliphatic heterocycles. The summed E-state index contributed by atoms with van der Waals surface area (Å²) < 4.78 is 32.1. The number of halogens is 2. The first-order valence-electron chi connectivity index (χ1n) is 5.68. The molecule has 0 N–H and O–H groups in total. The highest BCUT2D eigenvalue weighted by atomic mass is 19.2. The van der Waals surface area contributed by atoms with E-state index in [0.29, 0.717) is 26.1 Å². The van der Waals surface area contributed by atoms with Gasteiger partial charge in [-0.25, -0.2) is 8.78 Å². The molecule has 1 saturated heterocycles. The van der Waals surface area contributed by atoms with Crippen LogP contribution in [0.4, 0.5) is 8.78 Å². The van der Waals surface area contributed by atoms with Crippen LogP contribution in [0, 0.1) is 24.5 Å². The lowest BCUT2D eigenvalue weighted by atomic mass is 9.90. The topological polar surface area (TPSA) is 26.3 Å². The van der Waals surface area contributed by atoms with Gasteiger partial charge in [-0.1, -0.05) is 6.07 Å². The maximum atomic E-state index is 13.6. The Morgan fingerprint density at radius 1 is 1.24 bits per heavy atom. The molecule has 2 rings (SSSR count). The minimum atomic E-state index is -1.03. The highest BCUT2D eigenvalue weighted by molar-refractivity contribution is 5.98. The summed E-state index contributed by atoms with van der Waals surface area (Å²) in [5, 5.41) is 0. The third kappa shape index (κ3) is 2.36. The van der Waals surface area contributed by atoms with E-state index in [4.69, 9.17) is 4.74 Å². The number of ether oxygens (including phenoxy) is 1. The van der Waals surface area contributed by atoms with Crippen molar-refractivity contribution < 1.29 is 18.3 Å². The Bertz CT molecular complexity index is 437. The highest BCUT2D eigenvalue weighted by Gasteiger charge is 2.26. The lowest BCUT2D eigenvalue weighted by Crippen LogP contribution is -2.24. The number of hydrogen-bond donors (Lipinski definition) is 0. The van der Waals surface area contributed by atoms with E-state index in [1.165, 1.54) is 19.1 Å². The molecule has 0 radical (unpaired) electrons.